The molecule has 0 radical (unpaired) electrons. The summed E-state index contributed by atoms with van der Waals surface area (Å²) in [6.07, 6.45) is 3.97. The SMILES string of the molecule is CCNC(=NCCCOCCOC)NCCc1c[nH]c2cccc(C)c12.I. The molecule has 0 aliphatic heterocycles. The smallest absolute Gasteiger partial charge is 0.191 e. The van der Waals surface area contributed by atoms with Crippen LogP contribution < -0.4 is 10.6 Å². The van der Waals surface area contributed by atoms with Crippen LogP contribution in [0.25, 0.3) is 10.9 Å². The Hall–Kier alpha value is -1.32. The molecule has 0 atom stereocenters. The number of fused-ring (bicyclic) bond motifs is 1. The van der Waals surface area contributed by atoms with Gasteiger partial charge in [0.2, 0.25) is 0 Å². The number of hydrogen-bond acceptors (Lipinski definition) is 3. The van der Waals surface area contributed by atoms with Crippen LogP contribution in [-0.2, 0) is 15.9 Å². The van der Waals surface area contributed by atoms with Crippen LogP contribution in [0, 0.1) is 6.92 Å². The molecule has 6 nitrogen and oxygen atoms in total. The number of halogens is 1. The van der Waals surface area contributed by atoms with Gasteiger partial charge in [0.1, 0.15) is 0 Å². The molecule has 1 heterocycles. The molecule has 0 spiro atoms. The number of aliphatic imine (C=N–C) groups is 1. The number of nitrogens with one attached hydrogen (secondary N) is 3. The van der Waals surface area contributed by atoms with Gasteiger partial charge in [0, 0.05) is 50.5 Å². The number of aromatic amines is 1. The summed E-state index contributed by atoms with van der Waals surface area (Å²) in [5, 5.41) is 8.05. The number of nitrogens with zero attached hydrogens (tertiary/aromatic N) is 1. The highest BCUT2D eigenvalue weighted by atomic mass is 127. The zero-order chi connectivity index (χ0) is 18.6. The van der Waals surface area contributed by atoms with E-state index in [1.54, 1.807) is 7.11 Å². The van der Waals surface area contributed by atoms with Gasteiger partial charge in [-0.1, -0.05) is 12.1 Å². The minimum absolute atomic E-state index is 0. The van der Waals surface area contributed by atoms with E-state index in [9.17, 15) is 0 Å². The molecule has 0 fully saturated rings. The minimum Gasteiger partial charge on any atom is -0.382 e. The van der Waals surface area contributed by atoms with Crippen LogP contribution >= 0.6 is 24.0 Å². The fourth-order valence-electron chi connectivity index (χ4n) is 2.91. The molecule has 3 N–H and O–H groups in total. The largest absolute Gasteiger partial charge is 0.382 e. The van der Waals surface area contributed by atoms with Crippen molar-refractivity contribution in [3.8, 4) is 0 Å². The Morgan fingerprint density at radius 1 is 1.19 bits per heavy atom. The summed E-state index contributed by atoms with van der Waals surface area (Å²) in [7, 11) is 1.68. The quantitative estimate of drug-likeness (QED) is 0.197. The van der Waals surface area contributed by atoms with Gasteiger partial charge < -0.3 is 25.1 Å². The first kappa shape index (κ1) is 23.7. The molecule has 2 rings (SSSR count). The maximum Gasteiger partial charge on any atom is 0.191 e. The summed E-state index contributed by atoms with van der Waals surface area (Å²) in [5.74, 6) is 0.862. The van der Waals surface area contributed by atoms with E-state index in [0.29, 0.717) is 19.8 Å². The molecule has 2 aromatic rings. The molecule has 27 heavy (non-hydrogen) atoms. The zero-order valence-corrected chi connectivity index (χ0v) is 19.0. The molecule has 0 unspecified atom stereocenters. The van der Waals surface area contributed by atoms with Gasteiger partial charge in [0.15, 0.2) is 5.96 Å². The van der Waals surface area contributed by atoms with Gasteiger partial charge in [-0.15, -0.1) is 24.0 Å². The molecule has 0 saturated heterocycles. The average molecular weight is 488 g/mol. The Morgan fingerprint density at radius 2 is 2.04 bits per heavy atom. The van der Waals surface area contributed by atoms with Crippen molar-refractivity contribution in [2.24, 2.45) is 4.99 Å². The van der Waals surface area contributed by atoms with Gasteiger partial charge in [-0.05, 0) is 43.9 Å². The average Bonchev–Trinajstić information content (AvgIpc) is 3.05. The molecular formula is C20H33IN4O2. The fourth-order valence-corrected chi connectivity index (χ4v) is 2.91. The summed E-state index contributed by atoms with van der Waals surface area (Å²) < 4.78 is 10.4. The van der Waals surface area contributed by atoms with Crippen molar-refractivity contribution in [1.82, 2.24) is 15.6 Å². The predicted octanol–water partition coefficient (Wildman–Crippen LogP) is 3.25. The number of rotatable bonds is 11. The van der Waals surface area contributed by atoms with E-state index in [4.69, 9.17) is 9.47 Å². The van der Waals surface area contributed by atoms with Crippen molar-refractivity contribution >= 4 is 40.8 Å². The molecule has 1 aromatic carbocycles. The number of ether oxygens (including phenoxy) is 2. The van der Waals surface area contributed by atoms with Crippen LogP contribution in [0.1, 0.15) is 24.5 Å². The number of guanidine groups is 1. The lowest BCUT2D eigenvalue weighted by Crippen LogP contribution is -2.38. The number of aryl methyl sites for hydroxylation is 1. The van der Waals surface area contributed by atoms with Crippen molar-refractivity contribution < 1.29 is 9.47 Å². The molecule has 1 aromatic heterocycles. The van der Waals surface area contributed by atoms with Crippen LogP contribution in [0.5, 0.6) is 0 Å². The molecule has 0 saturated carbocycles. The topological polar surface area (TPSA) is 70.7 Å². The van der Waals surface area contributed by atoms with E-state index in [2.05, 4.69) is 58.9 Å². The Balaban J connectivity index is 0.00000364. The standard InChI is InChI=1S/C20H32N4O2.HI/c1-4-21-20(22-10-6-12-26-14-13-25-3)23-11-9-17-15-24-18-8-5-7-16(2)19(17)18;/h5,7-8,15,24H,4,6,9-14H2,1-3H3,(H2,21,22,23);1H. The first-order chi connectivity index (χ1) is 12.8. The van der Waals surface area contributed by atoms with Crippen LogP contribution in [-0.4, -0.2) is 57.5 Å². The van der Waals surface area contributed by atoms with E-state index in [1.165, 1.54) is 22.0 Å². The lowest BCUT2D eigenvalue weighted by atomic mass is 10.1. The first-order valence-electron chi connectivity index (χ1n) is 9.40. The number of H-pyrrole nitrogens is 1. The third-order valence-electron chi connectivity index (χ3n) is 4.18. The highest BCUT2D eigenvalue weighted by Crippen LogP contribution is 2.22. The van der Waals surface area contributed by atoms with E-state index in [-0.39, 0.29) is 24.0 Å². The minimum atomic E-state index is 0. The van der Waals surface area contributed by atoms with Crippen LogP contribution in [0.15, 0.2) is 29.4 Å². The second-order valence-electron chi connectivity index (χ2n) is 6.21. The molecule has 0 bridgehead atoms. The Labute approximate surface area is 179 Å². The maximum atomic E-state index is 5.46. The summed E-state index contributed by atoms with van der Waals surface area (Å²) in [6, 6.07) is 6.37. The van der Waals surface area contributed by atoms with Crippen molar-refractivity contribution in [2.75, 3.05) is 46.6 Å². The van der Waals surface area contributed by atoms with Crippen molar-refractivity contribution in [3.63, 3.8) is 0 Å². The zero-order valence-electron chi connectivity index (χ0n) is 16.6. The number of aromatic nitrogens is 1. The molecular weight excluding hydrogens is 455 g/mol. The Bertz CT molecular complexity index is 688. The van der Waals surface area contributed by atoms with Gasteiger partial charge in [-0.25, -0.2) is 0 Å². The second-order valence-corrected chi connectivity index (χ2v) is 6.21. The van der Waals surface area contributed by atoms with E-state index < -0.39 is 0 Å². The number of hydrogen-bond donors (Lipinski definition) is 3. The van der Waals surface area contributed by atoms with Gasteiger partial charge in [-0.3, -0.25) is 4.99 Å². The van der Waals surface area contributed by atoms with E-state index in [1.807, 2.05) is 0 Å². The van der Waals surface area contributed by atoms with Crippen LogP contribution in [0.4, 0.5) is 0 Å². The predicted molar refractivity (Wildman–Crippen MR) is 123 cm³/mol. The normalized spacial score (nSPS) is 11.4. The van der Waals surface area contributed by atoms with Gasteiger partial charge in [0.25, 0.3) is 0 Å². The van der Waals surface area contributed by atoms with Crippen molar-refractivity contribution in [1.29, 1.82) is 0 Å². The number of benzene rings is 1. The summed E-state index contributed by atoms with van der Waals surface area (Å²) in [5.41, 5.74) is 3.86. The lowest BCUT2D eigenvalue weighted by molar-refractivity contribution is 0.0702. The van der Waals surface area contributed by atoms with Crippen molar-refractivity contribution in [3.05, 3.63) is 35.5 Å². The first-order valence-corrected chi connectivity index (χ1v) is 9.40. The summed E-state index contributed by atoms with van der Waals surface area (Å²) in [6.45, 7) is 8.67. The van der Waals surface area contributed by atoms with Crippen molar-refractivity contribution in [2.45, 2.75) is 26.7 Å². The molecule has 0 amide bonds. The third-order valence-corrected chi connectivity index (χ3v) is 4.18. The van der Waals surface area contributed by atoms with E-state index in [0.717, 1.165) is 38.4 Å². The molecule has 0 aliphatic carbocycles. The van der Waals surface area contributed by atoms with Gasteiger partial charge >= 0.3 is 0 Å². The van der Waals surface area contributed by atoms with E-state index >= 15 is 0 Å². The van der Waals surface area contributed by atoms with Crippen LogP contribution in [0.2, 0.25) is 0 Å². The fraction of sp³-hybridized carbons (Fsp3) is 0.550. The molecule has 152 valence electrons. The monoisotopic (exact) mass is 488 g/mol. The third kappa shape index (κ3) is 8.06. The van der Waals surface area contributed by atoms with Gasteiger partial charge in [-0.2, -0.15) is 0 Å². The molecule has 0 aliphatic rings. The Morgan fingerprint density at radius 3 is 2.81 bits per heavy atom. The summed E-state index contributed by atoms with van der Waals surface area (Å²) >= 11 is 0. The van der Waals surface area contributed by atoms with Gasteiger partial charge in [0.05, 0.1) is 13.2 Å². The van der Waals surface area contributed by atoms with Crippen LogP contribution in [0.3, 0.4) is 0 Å². The summed E-state index contributed by atoms with van der Waals surface area (Å²) in [4.78, 5) is 7.96. The number of methoxy groups -OCH3 is 1. The lowest BCUT2D eigenvalue weighted by Gasteiger charge is -2.11. The molecule has 7 heteroatoms. The maximum absolute atomic E-state index is 5.46. The highest BCUT2D eigenvalue weighted by molar-refractivity contribution is 14.0. The Kier molecular flexibility index (Phi) is 12.1. The highest BCUT2D eigenvalue weighted by Gasteiger charge is 2.06. The second kappa shape index (κ2) is 13.8.